The molecule has 0 spiro atoms. The fraction of sp³-hybridized carbons (Fsp3) is 0.158. The van der Waals surface area contributed by atoms with Gasteiger partial charge in [-0.25, -0.2) is 10.2 Å². The second-order valence-electron chi connectivity index (χ2n) is 6.15. The number of rotatable bonds is 5. The fourth-order valence-electron chi connectivity index (χ4n) is 3.04. The number of hydrogen-bond acceptors (Lipinski definition) is 6. The number of para-hydroxylation sites is 1. The van der Waals surface area contributed by atoms with Crippen molar-refractivity contribution in [3.8, 4) is 5.69 Å². The summed E-state index contributed by atoms with van der Waals surface area (Å²) < 4.78 is 2.91. The Morgan fingerprint density at radius 1 is 1.11 bits per heavy atom. The first-order valence-corrected chi connectivity index (χ1v) is 9.87. The maximum absolute atomic E-state index is 4.75. The zero-order valence-electron chi connectivity index (χ0n) is 14.7. The van der Waals surface area contributed by atoms with Crippen LogP contribution in [-0.2, 0) is 13.0 Å². The molecule has 1 aliphatic heterocycles. The van der Waals surface area contributed by atoms with E-state index in [0.717, 1.165) is 38.6 Å². The predicted molar refractivity (Wildman–Crippen MR) is 113 cm³/mol. The van der Waals surface area contributed by atoms with Gasteiger partial charge in [-0.05, 0) is 35.7 Å². The lowest BCUT2D eigenvalue weighted by Gasteiger charge is -2.19. The van der Waals surface area contributed by atoms with Gasteiger partial charge in [0.25, 0.3) is 0 Å². The third kappa shape index (κ3) is 3.60. The highest BCUT2D eigenvalue weighted by atomic mass is 79.9. The van der Waals surface area contributed by atoms with E-state index in [1.807, 2.05) is 34.0 Å². The number of halogens is 1. The van der Waals surface area contributed by atoms with Crippen molar-refractivity contribution in [2.45, 2.75) is 24.9 Å². The van der Waals surface area contributed by atoms with E-state index in [9.17, 15) is 0 Å². The first kappa shape index (κ1) is 18.1. The van der Waals surface area contributed by atoms with E-state index >= 15 is 0 Å². The van der Waals surface area contributed by atoms with Gasteiger partial charge in [-0.15, -0.1) is 23.3 Å². The summed E-state index contributed by atoms with van der Waals surface area (Å²) in [6.07, 6.45) is 2.73. The van der Waals surface area contributed by atoms with Crippen molar-refractivity contribution < 1.29 is 0 Å². The molecule has 0 fully saturated rings. The second kappa shape index (κ2) is 7.75. The van der Waals surface area contributed by atoms with Gasteiger partial charge in [0.2, 0.25) is 0 Å². The molecule has 0 saturated heterocycles. The first-order valence-electron chi connectivity index (χ1n) is 8.63. The minimum absolute atomic E-state index is 0.656. The molecule has 2 N–H and O–H groups in total. The van der Waals surface area contributed by atoms with Crippen LogP contribution < -0.4 is 11.1 Å². The monoisotopic (exact) mass is 442 g/mol. The van der Waals surface area contributed by atoms with Crippen molar-refractivity contribution in [3.05, 3.63) is 75.9 Å². The van der Waals surface area contributed by atoms with Gasteiger partial charge in [0, 0.05) is 4.47 Å². The normalized spacial score (nSPS) is 13.6. The molecule has 0 radical (unpaired) electrons. The maximum atomic E-state index is 4.75. The van der Waals surface area contributed by atoms with Crippen molar-refractivity contribution in [2.75, 3.05) is 0 Å². The Bertz CT molecular complexity index is 982. The van der Waals surface area contributed by atoms with E-state index in [2.05, 4.69) is 68.4 Å². The number of aromatic nitrogens is 2. The first-order chi connectivity index (χ1) is 13.2. The number of benzene rings is 2. The van der Waals surface area contributed by atoms with Crippen LogP contribution in [0.15, 0.2) is 69.3 Å². The average molecular weight is 443 g/mol. The second-order valence-corrected chi connectivity index (χ2v) is 7.49. The number of hydrazine groups is 2. The van der Waals surface area contributed by atoms with Crippen LogP contribution in [0.1, 0.15) is 23.6 Å². The van der Waals surface area contributed by atoms with Gasteiger partial charge >= 0.3 is 0 Å². The summed E-state index contributed by atoms with van der Waals surface area (Å²) in [5.41, 5.74) is 10.2. The van der Waals surface area contributed by atoms with Gasteiger partial charge in [0.15, 0.2) is 5.84 Å². The topological polar surface area (TPSA) is 57.5 Å². The molecular formula is C19H19BrN6S. The number of hydrogen-bond donors (Lipinski definition) is 3. The molecule has 6 nitrogen and oxygen atoms in total. The van der Waals surface area contributed by atoms with Crippen LogP contribution in [0.2, 0.25) is 0 Å². The standard InChI is InChI=1S/C19H19BrN6S/c1-2-14-5-3-4-6-17(14)26-19(27)16(11-21-26)18-22-23-24-25(18)12-13-7-9-15(20)10-8-13/h3-11,23-24,27H,2,12H2,1H3. The predicted octanol–water partition coefficient (Wildman–Crippen LogP) is 3.67. The summed E-state index contributed by atoms with van der Waals surface area (Å²) in [5, 5.41) is 11.6. The molecule has 0 atom stereocenters. The molecule has 8 heteroatoms. The SMILES string of the molecule is CCc1ccccc1-n1ncc(C2=NNNN2Cc2ccc(Br)cc2)c1S. The Morgan fingerprint density at radius 3 is 2.67 bits per heavy atom. The van der Waals surface area contributed by atoms with Gasteiger partial charge in [-0.1, -0.05) is 53.2 Å². The van der Waals surface area contributed by atoms with Crippen LogP contribution in [0.5, 0.6) is 0 Å². The lowest BCUT2D eigenvalue weighted by molar-refractivity contribution is 0.288. The highest BCUT2D eigenvalue weighted by Crippen LogP contribution is 2.24. The molecule has 2 aromatic carbocycles. The Hall–Kier alpha value is -2.29. The Balaban J connectivity index is 1.63. The van der Waals surface area contributed by atoms with Gasteiger partial charge < -0.3 is 0 Å². The minimum atomic E-state index is 0.656. The summed E-state index contributed by atoms with van der Waals surface area (Å²) in [4.78, 5) is 0. The highest BCUT2D eigenvalue weighted by Gasteiger charge is 2.24. The number of nitrogens with zero attached hydrogens (tertiary/aromatic N) is 4. The summed E-state index contributed by atoms with van der Waals surface area (Å²) in [7, 11) is 0. The number of hydrazone groups is 1. The van der Waals surface area contributed by atoms with Crippen molar-refractivity contribution in [2.24, 2.45) is 5.10 Å². The van der Waals surface area contributed by atoms with E-state index in [1.54, 1.807) is 6.20 Å². The van der Waals surface area contributed by atoms with Crippen molar-refractivity contribution in [3.63, 3.8) is 0 Å². The molecule has 27 heavy (non-hydrogen) atoms. The minimum Gasteiger partial charge on any atom is -0.266 e. The van der Waals surface area contributed by atoms with E-state index in [0.29, 0.717) is 6.54 Å². The van der Waals surface area contributed by atoms with Gasteiger partial charge in [0.1, 0.15) is 5.03 Å². The lowest BCUT2D eigenvalue weighted by Crippen LogP contribution is -2.40. The summed E-state index contributed by atoms with van der Waals surface area (Å²) >= 11 is 8.21. The largest absolute Gasteiger partial charge is 0.266 e. The Morgan fingerprint density at radius 2 is 1.89 bits per heavy atom. The third-order valence-corrected chi connectivity index (χ3v) is 5.40. The van der Waals surface area contributed by atoms with Crippen molar-refractivity contribution in [1.82, 2.24) is 25.9 Å². The molecule has 0 aliphatic carbocycles. The van der Waals surface area contributed by atoms with Crippen LogP contribution in [0, 0.1) is 0 Å². The van der Waals surface area contributed by atoms with E-state index in [-0.39, 0.29) is 0 Å². The maximum Gasteiger partial charge on any atom is 0.177 e. The smallest absolute Gasteiger partial charge is 0.177 e. The number of amidine groups is 1. The Labute approximate surface area is 171 Å². The lowest BCUT2D eigenvalue weighted by atomic mass is 10.1. The zero-order valence-corrected chi connectivity index (χ0v) is 17.2. The molecule has 3 aromatic rings. The quantitative estimate of drug-likeness (QED) is 0.527. The van der Waals surface area contributed by atoms with Gasteiger partial charge in [0.05, 0.1) is 24.0 Å². The molecule has 0 saturated carbocycles. The summed E-state index contributed by atoms with van der Waals surface area (Å²) in [6.45, 7) is 2.79. The van der Waals surface area contributed by atoms with Crippen LogP contribution in [0.4, 0.5) is 0 Å². The molecule has 1 aliphatic rings. The van der Waals surface area contributed by atoms with Crippen molar-refractivity contribution in [1.29, 1.82) is 0 Å². The molecule has 138 valence electrons. The molecule has 0 amide bonds. The molecule has 2 heterocycles. The van der Waals surface area contributed by atoms with E-state index < -0.39 is 0 Å². The average Bonchev–Trinajstić information content (AvgIpc) is 3.29. The van der Waals surface area contributed by atoms with Gasteiger partial charge in [-0.2, -0.15) is 5.10 Å². The third-order valence-electron chi connectivity index (χ3n) is 4.44. The van der Waals surface area contributed by atoms with Crippen LogP contribution >= 0.6 is 28.6 Å². The van der Waals surface area contributed by atoms with Crippen LogP contribution in [0.25, 0.3) is 5.69 Å². The van der Waals surface area contributed by atoms with Crippen LogP contribution in [-0.4, -0.2) is 20.6 Å². The van der Waals surface area contributed by atoms with E-state index in [1.165, 1.54) is 5.56 Å². The molecule has 0 unspecified atom stereocenters. The zero-order chi connectivity index (χ0) is 18.8. The molecular weight excluding hydrogens is 424 g/mol. The van der Waals surface area contributed by atoms with Gasteiger partial charge in [-0.3, -0.25) is 5.01 Å². The summed E-state index contributed by atoms with van der Waals surface area (Å²) in [6, 6.07) is 16.4. The van der Waals surface area contributed by atoms with Crippen molar-refractivity contribution >= 4 is 34.4 Å². The molecule has 0 bridgehead atoms. The highest BCUT2D eigenvalue weighted by molar-refractivity contribution is 9.10. The Kier molecular flexibility index (Phi) is 5.20. The number of thiol groups is 1. The number of nitrogens with one attached hydrogen (secondary N) is 2. The fourth-order valence-corrected chi connectivity index (χ4v) is 3.62. The molecule has 1 aromatic heterocycles. The molecule has 4 rings (SSSR count). The summed E-state index contributed by atoms with van der Waals surface area (Å²) in [5.74, 6) is 0.753. The van der Waals surface area contributed by atoms with Crippen LogP contribution in [0.3, 0.4) is 0 Å². The number of aryl methyl sites for hydroxylation is 1. The van der Waals surface area contributed by atoms with E-state index in [4.69, 9.17) is 12.6 Å².